The van der Waals surface area contributed by atoms with Crippen LogP contribution in [0.2, 0.25) is 0 Å². The van der Waals surface area contributed by atoms with Crippen molar-refractivity contribution in [2.75, 3.05) is 33.4 Å². The molecule has 0 bridgehead atoms. The summed E-state index contributed by atoms with van der Waals surface area (Å²) in [6.45, 7) is 1.61. The number of hydrogen-bond donors (Lipinski definition) is 6. The van der Waals surface area contributed by atoms with Crippen LogP contribution >= 0.6 is 0 Å². The van der Waals surface area contributed by atoms with Crippen LogP contribution in [0.25, 0.3) is 0 Å². The van der Waals surface area contributed by atoms with E-state index >= 15 is 0 Å². The molecule has 0 rings (SSSR count). The Kier molecular flexibility index (Phi) is 21.9. The standard InChI is InChI=1S/C5H13NO2.2H3N.H2O4S/c1-6(2-4-7)3-5-8;;;1-5(2,3)4/h7-8H,2-5H2,1H3;2*1H3;(H2,1,2,3,4). The Hall–Kier alpha value is -0.330. The lowest BCUT2D eigenvalue weighted by Gasteiger charge is -2.11. The lowest BCUT2D eigenvalue weighted by atomic mass is 10.5. The molecule has 0 unspecified atom stereocenters. The minimum atomic E-state index is -4.67. The van der Waals surface area contributed by atoms with Crippen molar-refractivity contribution in [2.45, 2.75) is 0 Å². The van der Waals surface area contributed by atoms with E-state index < -0.39 is 10.4 Å². The topological polar surface area (TPSA) is 188 Å². The first-order chi connectivity index (χ1) is 5.81. The summed E-state index contributed by atoms with van der Waals surface area (Å²) in [5.74, 6) is 0. The molecule has 15 heavy (non-hydrogen) atoms. The minimum Gasteiger partial charge on any atom is -0.395 e. The van der Waals surface area contributed by atoms with E-state index in [2.05, 4.69) is 0 Å². The molecule has 10 N–H and O–H groups in total. The van der Waals surface area contributed by atoms with Crippen molar-refractivity contribution in [3.63, 3.8) is 0 Å². The fraction of sp³-hybridized carbons (Fsp3) is 1.00. The van der Waals surface area contributed by atoms with Gasteiger partial charge in [0.15, 0.2) is 0 Å². The number of rotatable bonds is 4. The van der Waals surface area contributed by atoms with Crippen molar-refractivity contribution in [3.05, 3.63) is 0 Å². The van der Waals surface area contributed by atoms with Gasteiger partial charge in [-0.2, -0.15) is 8.42 Å². The lowest BCUT2D eigenvalue weighted by molar-refractivity contribution is 0.184. The Balaban J connectivity index is -0.0000000770. The maximum Gasteiger partial charge on any atom is 0.394 e. The maximum absolute atomic E-state index is 8.74. The van der Waals surface area contributed by atoms with Gasteiger partial charge in [0.2, 0.25) is 0 Å². The Morgan fingerprint density at radius 2 is 1.20 bits per heavy atom. The van der Waals surface area contributed by atoms with Crippen LogP contribution in [0, 0.1) is 0 Å². The third-order valence-electron chi connectivity index (χ3n) is 0.963. The highest BCUT2D eigenvalue weighted by molar-refractivity contribution is 7.79. The second-order valence-corrected chi connectivity index (χ2v) is 3.09. The molecule has 0 aromatic rings. The van der Waals surface area contributed by atoms with E-state index in [1.165, 1.54) is 0 Å². The van der Waals surface area contributed by atoms with Gasteiger partial charge in [0.05, 0.1) is 13.2 Å². The highest BCUT2D eigenvalue weighted by Gasteiger charge is 1.91. The number of aliphatic hydroxyl groups is 2. The van der Waals surface area contributed by atoms with Crippen molar-refractivity contribution >= 4 is 10.4 Å². The number of likely N-dealkylation sites (N-methyl/N-ethyl adjacent to an activating group) is 1. The Bertz CT molecular complexity index is 183. The number of aliphatic hydroxyl groups excluding tert-OH is 2. The predicted molar refractivity (Wildman–Crippen MR) is 55.9 cm³/mol. The lowest BCUT2D eigenvalue weighted by Crippen LogP contribution is -2.25. The third-order valence-corrected chi connectivity index (χ3v) is 0.963. The number of nitrogens with zero attached hydrogens (tertiary/aromatic N) is 1. The molecule has 0 saturated carbocycles. The van der Waals surface area contributed by atoms with Crippen LogP contribution in [0.4, 0.5) is 0 Å². The summed E-state index contributed by atoms with van der Waals surface area (Å²) < 4.78 is 31.6. The Morgan fingerprint density at radius 3 is 1.33 bits per heavy atom. The summed E-state index contributed by atoms with van der Waals surface area (Å²) in [5, 5.41) is 16.7. The van der Waals surface area contributed by atoms with E-state index in [-0.39, 0.29) is 25.5 Å². The molecule has 0 saturated heterocycles. The molecule has 0 atom stereocenters. The molecule has 98 valence electrons. The fourth-order valence-corrected chi connectivity index (χ4v) is 0.453. The van der Waals surface area contributed by atoms with E-state index in [1.54, 1.807) is 0 Å². The van der Waals surface area contributed by atoms with Crippen molar-refractivity contribution in [3.8, 4) is 0 Å². The van der Waals surface area contributed by atoms with E-state index in [0.717, 1.165) is 0 Å². The molecule has 0 aliphatic heterocycles. The Labute approximate surface area is 89.5 Å². The molecule has 0 spiro atoms. The summed E-state index contributed by atoms with van der Waals surface area (Å²) in [6.07, 6.45) is 0. The molecular weight excluding hydrogens is 230 g/mol. The molecule has 9 nitrogen and oxygen atoms in total. The first-order valence-corrected chi connectivity index (χ1v) is 4.81. The van der Waals surface area contributed by atoms with E-state index in [0.29, 0.717) is 13.1 Å². The van der Waals surface area contributed by atoms with Crippen LogP contribution in [0.1, 0.15) is 0 Å². The first-order valence-electron chi connectivity index (χ1n) is 3.41. The van der Waals surface area contributed by atoms with Gasteiger partial charge in [0.25, 0.3) is 0 Å². The number of hydrogen-bond acceptors (Lipinski definition) is 7. The smallest absolute Gasteiger partial charge is 0.394 e. The molecule has 0 radical (unpaired) electrons. The molecule has 0 aliphatic rings. The second-order valence-electron chi connectivity index (χ2n) is 2.20. The first kappa shape index (κ1) is 24.1. The Morgan fingerprint density at radius 1 is 1.00 bits per heavy atom. The summed E-state index contributed by atoms with van der Waals surface area (Å²) in [5.41, 5.74) is 0. The zero-order chi connectivity index (χ0) is 10.9. The normalized spacial score (nSPS) is 9.47. The van der Waals surface area contributed by atoms with E-state index in [4.69, 9.17) is 27.7 Å². The van der Waals surface area contributed by atoms with Crippen molar-refractivity contribution in [1.29, 1.82) is 0 Å². The average Bonchev–Trinajstić information content (AvgIpc) is 1.84. The van der Waals surface area contributed by atoms with E-state index in [9.17, 15) is 0 Å². The van der Waals surface area contributed by atoms with Gasteiger partial charge in [-0.05, 0) is 7.05 Å². The summed E-state index contributed by atoms with van der Waals surface area (Å²) in [4.78, 5) is 1.86. The van der Waals surface area contributed by atoms with Crippen LogP contribution in [-0.2, 0) is 10.4 Å². The largest absolute Gasteiger partial charge is 0.395 e. The van der Waals surface area contributed by atoms with Crippen molar-refractivity contribution in [2.24, 2.45) is 0 Å². The van der Waals surface area contributed by atoms with Gasteiger partial charge in [-0.15, -0.1) is 0 Å². The van der Waals surface area contributed by atoms with Gasteiger partial charge in [-0.25, -0.2) is 0 Å². The van der Waals surface area contributed by atoms with Crippen molar-refractivity contribution in [1.82, 2.24) is 17.2 Å². The van der Waals surface area contributed by atoms with Crippen LogP contribution in [-0.4, -0.2) is 66.0 Å². The highest BCUT2D eigenvalue weighted by atomic mass is 32.3. The van der Waals surface area contributed by atoms with E-state index in [1.807, 2.05) is 11.9 Å². The maximum atomic E-state index is 8.74. The molecule has 0 fully saturated rings. The van der Waals surface area contributed by atoms with Crippen LogP contribution in [0.3, 0.4) is 0 Å². The monoisotopic (exact) mass is 251 g/mol. The molecule has 0 amide bonds. The van der Waals surface area contributed by atoms with Crippen molar-refractivity contribution < 1.29 is 27.7 Å². The van der Waals surface area contributed by atoms with Gasteiger partial charge in [-0.1, -0.05) is 0 Å². The molecule has 0 aromatic heterocycles. The fourth-order valence-electron chi connectivity index (χ4n) is 0.453. The summed E-state index contributed by atoms with van der Waals surface area (Å²) in [7, 11) is -2.81. The second kappa shape index (κ2) is 13.7. The molecule has 0 aliphatic carbocycles. The highest BCUT2D eigenvalue weighted by Crippen LogP contribution is 1.76. The SMILES string of the molecule is CN(CCO)CCO.N.N.O=S(=O)(O)O. The van der Waals surface area contributed by atoms with Gasteiger partial charge >= 0.3 is 10.4 Å². The van der Waals surface area contributed by atoms with Crippen LogP contribution in [0.5, 0.6) is 0 Å². The minimum absolute atomic E-state index is 0. The summed E-state index contributed by atoms with van der Waals surface area (Å²) >= 11 is 0. The van der Waals surface area contributed by atoms with Gasteiger partial charge in [0, 0.05) is 13.1 Å². The molecule has 0 heterocycles. The molecule has 0 aromatic carbocycles. The zero-order valence-corrected chi connectivity index (χ0v) is 9.52. The third kappa shape index (κ3) is 57.9. The molecule has 10 heteroatoms. The quantitative estimate of drug-likeness (QED) is 0.325. The van der Waals surface area contributed by atoms with Gasteiger partial charge in [-0.3, -0.25) is 9.11 Å². The summed E-state index contributed by atoms with van der Waals surface area (Å²) in [6, 6.07) is 0. The predicted octanol–water partition coefficient (Wildman–Crippen LogP) is -1.43. The van der Waals surface area contributed by atoms with Crippen LogP contribution in [0.15, 0.2) is 0 Å². The molecular formula is C5H21N3O6S. The van der Waals surface area contributed by atoms with Crippen LogP contribution < -0.4 is 12.3 Å². The van der Waals surface area contributed by atoms with Gasteiger partial charge in [0.1, 0.15) is 0 Å². The zero-order valence-electron chi connectivity index (χ0n) is 8.70. The van der Waals surface area contributed by atoms with Gasteiger partial charge < -0.3 is 27.4 Å². The average molecular weight is 251 g/mol.